The Morgan fingerprint density at radius 2 is 1.83 bits per heavy atom. The molecule has 36 heavy (non-hydrogen) atoms. The molecule has 0 radical (unpaired) electrons. The summed E-state index contributed by atoms with van der Waals surface area (Å²) in [7, 11) is 0. The summed E-state index contributed by atoms with van der Waals surface area (Å²) in [5.74, 6) is 2.22. The zero-order valence-corrected chi connectivity index (χ0v) is 21.3. The smallest absolute Gasteiger partial charge is 0.245 e. The average Bonchev–Trinajstić information content (AvgIpc) is 3.24. The maximum atomic E-state index is 6.10. The van der Waals surface area contributed by atoms with Crippen LogP contribution in [0.1, 0.15) is 25.0 Å². The van der Waals surface area contributed by atoms with E-state index in [1.54, 1.807) is 6.33 Å². The third-order valence-corrected chi connectivity index (χ3v) is 6.35. The fourth-order valence-corrected chi connectivity index (χ4v) is 4.55. The van der Waals surface area contributed by atoms with Crippen molar-refractivity contribution in [2.75, 3.05) is 39.3 Å². The first-order valence-electron chi connectivity index (χ1n) is 12.7. The maximum absolute atomic E-state index is 6.10. The van der Waals surface area contributed by atoms with Crippen molar-refractivity contribution in [3.8, 4) is 23.0 Å². The van der Waals surface area contributed by atoms with Crippen molar-refractivity contribution in [1.29, 1.82) is 0 Å². The van der Waals surface area contributed by atoms with Gasteiger partial charge in [-0.2, -0.15) is 4.98 Å². The second-order valence-electron chi connectivity index (χ2n) is 9.44. The molecule has 0 bridgehead atoms. The molecule has 1 saturated heterocycles. The van der Waals surface area contributed by atoms with Crippen LogP contribution in [0.5, 0.6) is 11.6 Å². The Kier molecular flexibility index (Phi) is 7.44. The molecule has 1 aliphatic heterocycles. The van der Waals surface area contributed by atoms with Crippen LogP contribution in [-0.4, -0.2) is 69.9 Å². The second kappa shape index (κ2) is 11.1. The standard InChI is InChI=1S/C28H34N6O2/c1-20(2)36-28-25-27(30-19-31-28)34(18-22-7-5-4-6-8-22)26(32-25)24-10-9-23(17-21(24)3)35-16-15-33-13-11-29-12-14-33/h4-10,17,19-20,29H,11-16,18H2,1-3H3. The summed E-state index contributed by atoms with van der Waals surface area (Å²) in [5, 5.41) is 3.39. The fourth-order valence-electron chi connectivity index (χ4n) is 4.55. The number of hydrogen-bond acceptors (Lipinski definition) is 7. The number of nitrogens with one attached hydrogen (secondary N) is 1. The molecule has 8 heteroatoms. The normalized spacial score (nSPS) is 14.4. The van der Waals surface area contributed by atoms with Gasteiger partial charge in [-0.05, 0) is 50.1 Å². The van der Waals surface area contributed by atoms with E-state index < -0.39 is 0 Å². The minimum Gasteiger partial charge on any atom is -0.492 e. The summed E-state index contributed by atoms with van der Waals surface area (Å²) < 4.78 is 14.2. The quantitative estimate of drug-likeness (QED) is 0.384. The van der Waals surface area contributed by atoms with Crippen molar-refractivity contribution >= 4 is 11.2 Å². The fraction of sp³-hybridized carbons (Fsp3) is 0.393. The molecule has 188 valence electrons. The number of fused-ring (bicyclic) bond motifs is 1. The van der Waals surface area contributed by atoms with Crippen molar-refractivity contribution in [2.45, 2.75) is 33.4 Å². The van der Waals surface area contributed by atoms with Gasteiger partial charge in [0.05, 0.1) is 12.6 Å². The second-order valence-corrected chi connectivity index (χ2v) is 9.44. The lowest BCUT2D eigenvalue weighted by Gasteiger charge is -2.26. The van der Waals surface area contributed by atoms with Crippen LogP contribution in [0.15, 0.2) is 54.9 Å². The van der Waals surface area contributed by atoms with E-state index in [-0.39, 0.29) is 6.10 Å². The van der Waals surface area contributed by atoms with Crippen LogP contribution in [0.4, 0.5) is 0 Å². The summed E-state index contributed by atoms with van der Waals surface area (Å²) in [4.78, 5) is 16.4. The monoisotopic (exact) mass is 486 g/mol. The lowest BCUT2D eigenvalue weighted by molar-refractivity contribution is 0.191. The Balaban J connectivity index is 1.45. The maximum Gasteiger partial charge on any atom is 0.245 e. The molecule has 0 saturated carbocycles. The van der Waals surface area contributed by atoms with Crippen LogP contribution in [0.3, 0.4) is 0 Å². The summed E-state index contributed by atoms with van der Waals surface area (Å²) in [5.41, 5.74) is 4.74. The van der Waals surface area contributed by atoms with E-state index in [4.69, 9.17) is 14.5 Å². The lowest BCUT2D eigenvalue weighted by atomic mass is 10.1. The molecular formula is C28H34N6O2. The van der Waals surface area contributed by atoms with Gasteiger partial charge >= 0.3 is 0 Å². The van der Waals surface area contributed by atoms with Gasteiger partial charge in [-0.15, -0.1) is 0 Å². The number of aromatic nitrogens is 4. The van der Waals surface area contributed by atoms with Gasteiger partial charge in [0, 0.05) is 38.3 Å². The Hall–Kier alpha value is -3.49. The number of aryl methyl sites for hydroxylation is 1. The van der Waals surface area contributed by atoms with E-state index in [1.165, 1.54) is 5.56 Å². The molecule has 2 aromatic carbocycles. The number of hydrogen-bond donors (Lipinski definition) is 1. The van der Waals surface area contributed by atoms with Crippen LogP contribution in [0.25, 0.3) is 22.6 Å². The van der Waals surface area contributed by atoms with Crippen molar-refractivity contribution < 1.29 is 9.47 Å². The summed E-state index contributed by atoms with van der Waals surface area (Å²) in [6.07, 6.45) is 1.54. The zero-order valence-electron chi connectivity index (χ0n) is 21.3. The van der Waals surface area contributed by atoms with Crippen LogP contribution >= 0.6 is 0 Å². The highest BCUT2D eigenvalue weighted by Gasteiger charge is 2.20. The predicted molar refractivity (Wildman–Crippen MR) is 142 cm³/mol. The van der Waals surface area contributed by atoms with Gasteiger partial charge < -0.3 is 19.4 Å². The van der Waals surface area contributed by atoms with Gasteiger partial charge in [0.25, 0.3) is 0 Å². The van der Waals surface area contributed by atoms with Gasteiger partial charge in [-0.3, -0.25) is 4.90 Å². The van der Waals surface area contributed by atoms with Crippen molar-refractivity contribution in [3.05, 3.63) is 66.0 Å². The molecular weight excluding hydrogens is 452 g/mol. The molecule has 1 aliphatic rings. The molecule has 4 aromatic rings. The van der Waals surface area contributed by atoms with Gasteiger partial charge in [0.15, 0.2) is 11.2 Å². The first kappa shape index (κ1) is 24.2. The number of nitrogens with zero attached hydrogens (tertiary/aromatic N) is 5. The van der Waals surface area contributed by atoms with Gasteiger partial charge in [-0.25, -0.2) is 9.97 Å². The van der Waals surface area contributed by atoms with Gasteiger partial charge in [0.1, 0.15) is 24.5 Å². The number of benzene rings is 2. The van der Waals surface area contributed by atoms with E-state index in [1.807, 2.05) is 38.1 Å². The van der Waals surface area contributed by atoms with Gasteiger partial charge in [0.2, 0.25) is 5.88 Å². The average molecular weight is 487 g/mol. The molecule has 1 N–H and O–H groups in total. The number of imidazole rings is 1. The first-order chi connectivity index (χ1) is 17.6. The molecule has 5 rings (SSSR count). The Morgan fingerprint density at radius 1 is 1.03 bits per heavy atom. The minimum absolute atomic E-state index is 0.00908. The van der Waals surface area contributed by atoms with Crippen LogP contribution in [0.2, 0.25) is 0 Å². The van der Waals surface area contributed by atoms with E-state index in [0.29, 0.717) is 24.5 Å². The first-order valence-corrected chi connectivity index (χ1v) is 12.7. The number of rotatable bonds is 9. The van der Waals surface area contributed by atoms with E-state index in [2.05, 4.69) is 55.9 Å². The Bertz CT molecular complexity index is 1300. The van der Waals surface area contributed by atoms with E-state index >= 15 is 0 Å². The highest BCUT2D eigenvalue weighted by molar-refractivity contribution is 5.82. The van der Waals surface area contributed by atoms with Crippen molar-refractivity contribution in [3.63, 3.8) is 0 Å². The van der Waals surface area contributed by atoms with Crippen LogP contribution in [0, 0.1) is 6.92 Å². The largest absolute Gasteiger partial charge is 0.492 e. The molecule has 0 spiro atoms. The Morgan fingerprint density at radius 3 is 2.58 bits per heavy atom. The molecule has 8 nitrogen and oxygen atoms in total. The van der Waals surface area contributed by atoms with Crippen LogP contribution in [-0.2, 0) is 6.54 Å². The number of ether oxygens (including phenoxy) is 2. The lowest BCUT2D eigenvalue weighted by Crippen LogP contribution is -2.44. The third kappa shape index (κ3) is 5.50. The minimum atomic E-state index is -0.00908. The summed E-state index contributed by atoms with van der Waals surface area (Å²) in [6, 6.07) is 16.6. The SMILES string of the molecule is Cc1cc(OCCN2CCNCC2)ccc1-c1nc2c(OC(C)C)ncnc2n1Cc1ccccc1. The van der Waals surface area contributed by atoms with E-state index in [9.17, 15) is 0 Å². The Labute approximate surface area is 212 Å². The highest BCUT2D eigenvalue weighted by atomic mass is 16.5. The van der Waals surface area contributed by atoms with Crippen LogP contribution < -0.4 is 14.8 Å². The summed E-state index contributed by atoms with van der Waals surface area (Å²) >= 11 is 0. The van der Waals surface area contributed by atoms with Crippen molar-refractivity contribution in [2.24, 2.45) is 0 Å². The molecule has 0 atom stereocenters. The van der Waals surface area contributed by atoms with Crippen molar-refractivity contribution in [1.82, 2.24) is 29.7 Å². The molecule has 3 heterocycles. The topological polar surface area (TPSA) is 77.3 Å². The highest BCUT2D eigenvalue weighted by Crippen LogP contribution is 2.32. The summed E-state index contributed by atoms with van der Waals surface area (Å²) in [6.45, 7) is 12.6. The molecule has 2 aromatic heterocycles. The zero-order chi connectivity index (χ0) is 24.9. The predicted octanol–water partition coefficient (Wildman–Crippen LogP) is 3.92. The molecule has 0 aliphatic carbocycles. The number of piperazine rings is 1. The van der Waals surface area contributed by atoms with Gasteiger partial charge in [-0.1, -0.05) is 30.3 Å². The molecule has 0 amide bonds. The molecule has 1 fully saturated rings. The van der Waals surface area contributed by atoms with E-state index in [0.717, 1.165) is 61.1 Å². The third-order valence-electron chi connectivity index (χ3n) is 6.35. The molecule has 0 unspecified atom stereocenters.